The summed E-state index contributed by atoms with van der Waals surface area (Å²) >= 11 is 0. The van der Waals surface area contributed by atoms with Crippen LogP contribution in [-0.2, 0) is 32.5 Å². The van der Waals surface area contributed by atoms with Crippen molar-refractivity contribution in [2.24, 2.45) is 5.92 Å². The predicted octanol–water partition coefficient (Wildman–Crippen LogP) is 2.50. The Hall–Kier alpha value is -1.41. The van der Waals surface area contributed by atoms with Gasteiger partial charge in [-0.25, -0.2) is 13.4 Å². The van der Waals surface area contributed by atoms with Gasteiger partial charge in [0, 0.05) is 13.1 Å². The maximum absolute atomic E-state index is 12.7. The molecule has 150 valence electrons. The lowest BCUT2D eigenvalue weighted by atomic mass is 10.1. The first-order valence-corrected chi connectivity index (χ1v) is 10.9. The number of ether oxygens (including phenoxy) is 1. The van der Waals surface area contributed by atoms with Crippen molar-refractivity contribution in [2.75, 3.05) is 26.5 Å². The smallest absolute Gasteiger partial charge is 0.319 e. The quantitative estimate of drug-likeness (QED) is 0.513. The van der Waals surface area contributed by atoms with Crippen LogP contribution in [0.1, 0.15) is 52.1 Å². The highest BCUT2D eigenvalue weighted by Crippen LogP contribution is 2.18. The molecule has 0 N–H and O–H groups in total. The Morgan fingerprint density at radius 2 is 2.04 bits per heavy atom. The first-order valence-electron chi connectivity index (χ1n) is 9.23. The number of methoxy groups -OCH3 is 1. The van der Waals surface area contributed by atoms with Gasteiger partial charge in [-0.05, 0) is 32.2 Å². The van der Waals surface area contributed by atoms with Crippen molar-refractivity contribution in [3.05, 3.63) is 11.9 Å². The van der Waals surface area contributed by atoms with E-state index in [1.54, 1.807) is 22.7 Å². The minimum absolute atomic E-state index is 0.117. The van der Waals surface area contributed by atoms with E-state index in [4.69, 9.17) is 0 Å². The van der Waals surface area contributed by atoms with Crippen LogP contribution in [0.4, 0.5) is 0 Å². The third kappa shape index (κ3) is 7.07. The van der Waals surface area contributed by atoms with Crippen molar-refractivity contribution in [2.45, 2.75) is 64.7 Å². The molecule has 0 unspecified atom stereocenters. The fourth-order valence-electron chi connectivity index (χ4n) is 2.71. The Labute approximate surface area is 157 Å². The molecule has 0 aliphatic heterocycles. The molecule has 0 aliphatic carbocycles. The molecule has 0 aromatic carbocycles. The fourth-order valence-corrected chi connectivity index (χ4v) is 4.20. The normalized spacial score (nSPS) is 12.1. The van der Waals surface area contributed by atoms with Crippen molar-refractivity contribution >= 4 is 15.8 Å². The highest BCUT2D eigenvalue weighted by molar-refractivity contribution is 7.91. The van der Waals surface area contributed by atoms with Gasteiger partial charge in [0.2, 0.25) is 15.0 Å². The Kier molecular flexibility index (Phi) is 9.29. The molecule has 0 aliphatic rings. The molecule has 1 aromatic heterocycles. The Balaban J connectivity index is 2.98. The summed E-state index contributed by atoms with van der Waals surface area (Å²) in [5, 5.41) is 0.149. The van der Waals surface area contributed by atoms with Crippen molar-refractivity contribution in [3.63, 3.8) is 0 Å². The molecule has 0 radical (unpaired) electrons. The van der Waals surface area contributed by atoms with Gasteiger partial charge in [-0.2, -0.15) is 0 Å². The maximum Gasteiger partial charge on any atom is 0.319 e. The van der Waals surface area contributed by atoms with Crippen molar-refractivity contribution in [1.29, 1.82) is 0 Å². The third-order valence-corrected chi connectivity index (χ3v) is 5.88. The first kappa shape index (κ1) is 22.6. The summed E-state index contributed by atoms with van der Waals surface area (Å²) in [6.45, 7) is 7.43. The second-order valence-electron chi connectivity index (χ2n) is 7.14. The van der Waals surface area contributed by atoms with Crippen LogP contribution in [0.3, 0.4) is 0 Å². The summed E-state index contributed by atoms with van der Waals surface area (Å²) in [5.74, 6) is 0.271. The molecule has 1 aromatic rings. The molecule has 8 heteroatoms. The Bertz CT molecular complexity index is 668. The monoisotopic (exact) mass is 387 g/mol. The molecule has 1 heterocycles. The zero-order valence-electron chi connectivity index (χ0n) is 16.7. The van der Waals surface area contributed by atoms with Crippen molar-refractivity contribution < 1.29 is 17.9 Å². The van der Waals surface area contributed by atoms with Crippen LogP contribution >= 0.6 is 0 Å². The SMILES string of the molecule is CCCCn1c(CN(C)CC(=O)OC)cnc1S(=O)(=O)CCCC(C)C. The van der Waals surface area contributed by atoms with Gasteiger partial charge in [0.05, 0.1) is 31.3 Å². The van der Waals surface area contributed by atoms with Gasteiger partial charge >= 0.3 is 5.97 Å². The number of imidazole rings is 1. The van der Waals surface area contributed by atoms with E-state index in [0.29, 0.717) is 25.4 Å². The molecular formula is C18H33N3O4S. The summed E-state index contributed by atoms with van der Waals surface area (Å²) in [7, 11) is -0.271. The lowest BCUT2D eigenvalue weighted by Gasteiger charge is -2.17. The Morgan fingerprint density at radius 3 is 2.62 bits per heavy atom. The second-order valence-corrected chi connectivity index (χ2v) is 9.14. The number of hydrogen-bond donors (Lipinski definition) is 0. The number of esters is 1. The predicted molar refractivity (Wildman–Crippen MR) is 102 cm³/mol. The minimum atomic E-state index is -3.42. The van der Waals surface area contributed by atoms with Crippen LogP contribution in [0.2, 0.25) is 0 Å². The van der Waals surface area contributed by atoms with Gasteiger partial charge < -0.3 is 9.30 Å². The van der Waals surface area contributed by atoms with Gasteiger partial charge in [0.1, 0.15) is 0 Å². The molecule has 7 nitrogen and oxygen atoms in total. The van der Waals surface area contributed by atoms with Gasteiger partial charge in [-0.3, -0.25) is 9.69 Å². The summed E-state index contributed by atoms with van der Waals surface area (Å²) in [6, 6.07) is 0. The molecule has 0 saturated carbocycles. The van der Waals surface area contributed by atoms with E-state index < -0.39 is 9.84 Å². The molecule has 0 fully saturated rings. The molecule has 0 amide bonds. The first-order chi connectivity index (χ1) is 12.2. The highest BCUT2D eigenvalue weighted by Gasteiger charge is 2.23. The molecule has 0 spiro atoms. The van der Waals surface area contributed by atoms with E-state index in [-0.39, 0.29) is 23.4 Å². The van der Waals surface area contributed by atoms with Crippen LogP contribution in [0.15, 0.2) is 11.4 Å². The molecular weight excluding hydrogens is 354 g/mol. The third-order valence-electron chi connectivity index (χ3n) is 4.17. The second kappa shape index (κ2) is 10.7. The minimum Gasteiger partial charge on any atom is -0.468 e. The van der Waals surface area contributed by atoms with E-state index in [2.05, 4.69) is 30.5 Å². The number of rotatable bonds is 12. The Morgan fingerprint density at radius 1 is 1.35 bits per heavy atom. The van der Waals surface area contributed by atoms with Crippen LogP contribution in [0.5, 0.6) is 0 Å². The van der Waals surface area contributed by atoms with Gasteiger partial charge in [-0.15, -0.1) is 0 Å². The molecule has 1 rings (SSSR count). The van der Waals surface area contributed by atoms with Crippen LogP contribution in [-0.4, -0.2) is 55.3 Å². The number of nitrogens with zero attached hydrogens (tertiary/aromatic N) is 3. The zero-order valence-corrected chi connectivity index (χ0v) is 17.5. The van der Waals surface area contributed by atoms with Crippen LogP contribution in [0.25, 0.3) is 0 Å². The number of sulfone groups is 1. The van der Waals surface area contributed by atoms with E-state index in [9.17, 15) is 13.2 Å². The lowest BCUT2D eigenvalue weighted by molar-refractivity contribution is -0.141. The largest absolute Gasteiger partial charge is 0.468 e. The van der Waals surface area contributed by atoms with Gasteiger partial charge in [-0.1, -0.05) is 27.2 Å². The topological polar surface area (TPSA) is 81.5 Å². The molecule has 26 heavy (non-hydrogen) atoms. The van der Waals surface area contributed by atoms with E-state index in [1.165, 1.54) is 7.11 Å². The summed E-state index contributed by atoms with van der Waals surface area (Å²) in [5.41, 5.74) is 0.798. The van der Waals surface area contributed by atoms with Crippen molar-refractivity contribution in [3.8, 4) is 0 Å². The maximum atomic E-state index is 12.7. The van der Waals surface area contributed by atoms with Crippen LogP contribution in [0, 0.1) is 5.92 Å². The average Bonchev–Trinajstić information content (AvgIpc) is 2.95. The molecule has 0 atom stereocenters. The number of carbonyl (C=O) groups excluding carboxylic acids is 1. The number of aromatic nitrogens is 2. The van der Waals surface area contributed by atoms with Gasteiger partial charge in [0.15, 0.2) is 0 Å². The summed E-state index contributed by atoms with van der Waals surface area (Å²) in [6.07, 6.45) is 4.96. The fraction of sp³-hybridized carbons (Fsp3) is 0.778. The molecule has 0 saturated heterocycles. The standard InChI is InChI=1S/C18H33N3O4S/c1-6-7-10-21-16(13-20(4)14-17(22)25-5)12-19-18(21)26(23,24)11-8-9-15(2)3/h12,15H,6-11,13-14H2,1-5H3. The van der Waals surface area contributed by atoms with E-state index >= 15 is 0 Å². The average molecular weight is 388 g/mol. The lowest BCUT2D eigenvalue weighted by Crippen LogP contribution is -2.27. The van der Waals surface area contributed by atoms with E-state index in [0.717, 1.165) is 25.0 Å². The van der Waals surface area contributed by atoms with E-state index in [1.807, 2.05) is 0 Å². The summed E-state index contributed by atoms with van der Waals surface area (Å²) in [4.78, 5) is 17.4. The van der Waals surface area contributed by atoms with Crippen molar-refractivity contribution in [1.82, 2.24) is 14.5 Å². The van der Waals surface area contributed by atoms with Crippen LogP contribution < -0.4 is 0 Å². The number of hydrogen-bond acceptors (Lipinski definition) is 6. The molecule has 0 bridgehead atoms. The number of likely N-dealkylation sites (N-methyl/N-ethyl adjacent to an activating group) is 1. The highest BCUT2D eigenvalue weighted by atomic mass is 32.2. The number of carbonyl (C=O) groups is 1. The summed E-state index contributed by atoms with van der Waals surface area (Å²) < 4.78 is 32.0. The zero-order chi connectivity index (χ0) is 19.7. The number of unbranched alkanes of at least 4 members (excludes halogenated alkanes) is 1. The van der Waals surface area contributed by atoms with Gasteiger partial charge in [0.25, 0.3) is 0 Å².